The van der Waals surface area contributed by atoms with Gasteiger partial charge in [-0.1, -0.05) is 19.1 Å². The van der Waals surface area contributed by atoms with E-state index in [0.29, 0.717) is 106 Å². The van der Waals surface area contributed by atoms with Gasteiger partial charge in [0.05, 0.1) is 41.4 Å². The first kappa shape index (κ1) is 55.8. The molecule has 6 N–H and O–H groups in total. The van der Waals surface area contributed by atoms with E-state index in [-0.39, 0.29) is 79.8 Å². The second kappa shape index (κ2) is 24.3. The number of imidazole rings is 1. The van der Waals surface area contributed by atoms with Crippen molar-refractivity contribution in [2.45, 2.75) is 84.3 Å². The fraction of sp³-hybridized carbons (Fsp3) is 0.396. The largest absolute Gasteiger partial charge is 0.494 e. The molecule has 7 aromatic rings. The zero-order valence-corrected chi connectivity index (χ0v) is 44.9. The second-order valence-corrected chi connectivity index (χ2v) is 20.1. The molecule has 2 atom stereocenters. The number of nitrogens with two attached hydrogens (primary N) is 2. The average molecular weight is 1090 g/mol. The van der Waals surface area contributed by atoms with E-state index < -0.39 is 29.1 Å². The van der Waals surface area contributed by atoms with Gasteiger partial charge in [-0.3, -0.25) is 38.8 Å². The van der Waals surface area contributed by atoms with Crippen LogP contribution in [-0.4, -0.2) is 153 Å². The van der Waals surface area contributed by atoms with E-state index in [0.717, 1.165) is 29.4 Å². The number of likely N-dealkylation sites (tertiary alicyclic amines) is 1. The first-order chi connectivity index (χ1) is 37.4. The van der Waals surface area contributed by atoms with Crippen molar-refractivity contribution < 1.29 is 52.6 Å². The SMILES string of the molecule is CCc1nc(C)oc1C(=O)Nc1nc2cc(C(N)=O)cc(OC)c2n1C/C=C/Cn1c2nc(-c3cc(C)nn3CC)ncc2c2cc(C=O)cc(OCCC3CN(C(=O)CCN(C)C(=O)CC(C=O)SCC(N)C(=O)O)C3)c21. The number of primary amides is 1. The van der Waals surface area contributed by atoms with E-state index in [1.54, 1.807) is 41.8 Å². The number of carbonyl (C=O) groups excluding carboxylic acids is 6. The molecule has 1 saturated heterocycles. The van der Waals surface area contributed by atoms with Crippen molar-refractivity contribution in [3.63, 3.8) is 0 Å². The minimum atomic E-state index is -1.20. The third-order valence-corrected chi connectivity index (χ3v) is 14.6. The van der Waals surface area contributed by atoms with Crippen molar-refractivity contribution in [1.82, 2.24) is 48.7 Å². The van der Waals surface area contributed by atoms with Crippen LogP contribution in [0.25, 0.3) is 44.5 Å². The van der Waals surface area contributed by atoms with Gasteiger partial charge in [-0.15, -0.1) is 11.8 Å². The standard InChI is InChI=1S/C53H61N13O11S/c1-7-38-47(77-30(4)57-38)51(72)60-53-58-39-20-33(48(55)71)21-41(75-6)46(39)65(53)14-10-9-13-64-45-35(36-23-56-49(59-50(36)64)40-17-29(3)61-66(40)8-2)18-32(26-67)19-42(45)76-16-12-31-24-63(25-31)43(69)11-15-62(5)44(70)22-34(27-68)78-28-37(54)52(73)74/h9-10,17-21,23,26-27,31,34,37H,7-8,11-16,22,24-25,28,54H2,1-6H3,(H2,55,71)(H,73,74)(H,58,60,72)/b10-9+. The van der Waals surface area contributed by atoms with Crippen LogP contribution in [0.2, 0.25) is 0 Å². The number of aromatic nitrogens is 8. The average Bonchev–Trinajstić information content (AvgIpc) is 4.32. The maximum Gasteiger partial charge on any atom is 0.321 e. The number of carbonyl (C=O) groups is 7. The minimum absolute atomic E-state index is 0.0249. The van der Waals surface area contributed by atoms with E-state index in [1.807, 2.05) is 48.2 Å². The molecule has 5 aromatic heterocycles. The number of amides is 4. The van der Waals surface area contributed by atoms with Crippen molar-refractivity contribution in [2.24, 2.45) is 17.4 Å². The first-order valence-electron chi connectivity index (χ1n) is 25.3. The third kappa shape index (κ3) is 12.1. The predicted octanol–water partition coefficient (Wildman–Crippen LogP) is 4.59. The number of methoxy groups -OCH3 is 1. The number of fused-ring (bicyclic) bond motifs is 4. The number of aldehydes is 2. The fourth-order valence-corrected chi connectivity index (χ4v) is 10.2. The van der Waals surface area contributed by atoms with Gasteiger partial charge in [0.2, 0.25) is 29.4 Å². The topological polar surface area (TPSA) is 321 Å². The molecule has 410 valence electrons. The molecule has 8 rings (SSSR count). The number of nitrogens with zero attached hydrogens (tertiary/aromatic N) is 10. The van der Waals surface area contributed by atoms with Gasteiger partial charge in [0.1, 0.15) is 47.0 Å². The number of allylic oxidation sites excluding steroid dienone is 2. The maximum absolute atomic E-state index is 13.7. The summed E-state index contributed by atoms with van der Waals surface area (Å²) in [6.45, 7) is 9.76. The number of carboxylic acids is 1. The highest BCUT2D eigenvalue weighted by atomic mass is 32.2. The Morgan fingerprint density at radius 3 is 2.42 bits per heavy atom. The Hall–Kier alpha value is -8.45. The number of oxazole rings is 1. The summed E-state index contributed by atoms with van der Waals surface area (Å²) >= 11 is 1.00. The highest BCUT2D eigenvalue weighted by Gasteiger charge is 2.31. The van der Waals surface area contributed by atoms with Gasteiger partial charge in [-0.05, 0) is 62.9 Å². The molecule has 0 spiro atoms. The van der Waals surface area contributed by atoms with E-state index in [1.165, 1.54) is 24.1 Å². The maximum atomic E-state index is 13.7. The highest BCUT2D eigenvalue weighted by molar-refractivity contribution is 8.00. The minimum Gasteiger partial charge on any atom is -0.494 e. The van der Waals surface area contributed by atoms with Gasteiger partial charge in [0.25, 0.3) is 5.91 Å². The Morgan fingerprint density at radius 2 is 1.74 bits per heavy atom. The number of carboxylic acid groups (broad SMARTS) is 1. The summed E-state index contributed by atoms with van der Waals surface area (Å²) in [5.74, 6) is -1.11. The molecule has 1 fully saturated rings. The zero-order chi connectivity index (χ0) is 55.9. The van der Waals surface area contributed by atoms with Gasteiger partial charge >= 0.3 is 5.97 Å². The molecule has 0 aliphatic carbocycles. The molecule has 0 radical (unpaired) electrons. The predicted molar refractivity (Wildman–Crippen MR) is 290 cm³/mol. The van der Waals surface area contributed by atoms with Crippen LogP contribution in [0.4, 0.5) is 5.95 Å². The summed E-state index contributed by atoms with van der Waals surface area (Å²) in [4.78, 5) is 109. The van der Waals surface area contributed by atoms with Crippen molar-refractivity contribution in [3.8, 4) is 23.0 Å². The number of hydrogen-bond acceptors (Lipinski definition) is 17. The first-order valence-corrected chi connectivity index (χ1v) is 26.3. The van der Waals surface area contributed by atoms with Gasteiger partial charge in [-0.2, -0.15) is 5.10 Å². The summed E-state index contributed by atoms with van der Waals surface area (Å²) in [5.41, 5.74) is 15.8. The van der Waals surface area contributed by atoms with Crippen molar-refractivity contribution in [3.05, 3.63) is 82.8 Å². The number of aryl methyl sites for hydroxylation is 4. The Morgan fingerprint density at radius 1 is 0.987 bits per heavy atom. The number of aliphatic carboxylic acids is 1. The molecule has 1 aliphatic heterocycles. The van der Waals surface area contributed by atoms with Crippen molar-refractivity contribution in [2.75, 3.05) is 51.5 Å². The number of nitrogens with one attached hydrogen (secondary N) is 1. The second-order valence-electron chi connectivity index (χ2n) is 18.8. The van der Waals surface area contributed by atoms with Crippen LogP contribution in [0.5, 0.6) is 11.5 Å². The monoisotopic (exact) mass is 1090 g/mol. The van der Waals surface area contributed by atoms with Crippen LogP contribution in [0.15, 0.2) is 53.1 Å². The molecule has 0 bridgehead atoms. The lowest BCUT2D eigenvalue weighted by atomic mass is 9.96. The number of anilines is 1. The Balaban J connectivity index is 1.03. The molecule has 2 unspecified atom stereocenters. The van der Waals surface area contributed by atoms with Crippen LogP contribution >= 0.6 is 11.8 Å². The molecule has 78 heavy (non-hydrogen) atoms. The molecule has 6 heterocycles. The van der Waals surface area contributed by atoms with Gasteiger partial charge < -0.3 is 54.2 Å². The molecular formula is C53H61N13O11S. The van der Waals surface area contributed by atoms with Crippen molar-refractivity contribution >= 4 is 92.9 Å². The lowest BCUT2D eigenvalue weighted by Crippen LogP contribution is -2.51. The third-order valence-electron chi connectivity index (χ3n) is 13.4. The molecule has 2 aromatic carbocycles. The lowest BCUT2D eigenvalue weighted by Gasteiger charge is -2.39. The highest BCUT2D eigenvalue weighted by Crippen LogP contribution is 2.37. The summed E-state index contributed by atoms with van der Waals surface area (Å²) in [6, 6.07) is 7.26. The normalized spacial score (nSPS) is 13.5. The molecule has 4 amide bonds. The van der Waals surface area contributed by atoms with Crippen LogP contribution in [0.1, 0.15) is 81.7 Å². The zero-order valence-electron chi connectivity index (χ0n) is 44.1. The van der Waals surface area contributed by atoms with E-state index in [4.69, 9.17) is 45.4 Å². The Labute approximate surface area is 451 Å². The number of benzene rings is 2. The quantitative estimate of drug-likeness (QED) is 0.0425. The van der Waals surface area contributed by atoms with Gasteiger partial charge in [0, 0.05) is 99.9 Å². The van der Waals surface area contributed by atoms with Crippen LogP contribution in [0, 0.1) is 19.8 Å². The van der Waals surface area contributed by atoms with Crippen LogP contribution in [0.3, 0.4) is 0 Å². The summed E-state index contributed by atoms with van der Waals surface area (Å²) in [6.07, 6.45) is 7.87. The molecule has 24 nitrogen and oxygen atoms in total. The smallest absolute Gasteiger partial charge is 0.321 e. The molecular weight excluding hydrogens is 1030 g/mol. The van der Waals surface area contributed by atoms with Crippen molar-refractivity contribution in [1.29, 1.82) is 0 Å². The number of hydrogen-bond donors (Lipinski definition) is 4. The summed E-state index contributed by atoms with van der Waals surface area (Å²) in [7, 11) is 3.01. The van der Waals surface area contributed by atoms with Crippen LogP contribution in [-0.2, 0) is 45.2 Å². The molecule has 0 saturated carbocycles. The lowest BCUT2D eigenvalue weighted by molar-refractivity contribution is -0.139. The molecule has 1 aliphatic rings. The van der Waals surface area contributed by atoms with E-state index >= 15 is 0 Å². The summed E-state index contributed by atoms with van der Waals surface area (Å²) in [5, 5.41) is 17.1. The Bertz CT molecular complexity index is 3480. The van der Waals surface area contributed by atoms with Gasteiger partial charge in [0.15, 0.2) is 11.7 Å². The van der Waals surface area contributed by atoms with E-state index in [9.17, 15) is 33.6 Å². The number of ether oxygens (including phenoxy) is 2. The molecule has 25 heteroatoms. The number of thioether (sulfide) groups is 1. The van der Waals surface area contributed by atoms with Gasteiger partial charge in [-0.25, -0.2) is 19.9 Å². The van der Waals surface area contributed by atoms with E-state index in [2.05, 4.69) is 15.4 Å². The number of rotatable bonds is 26. The summed E-state index contributed by atoms with van der Waals surface area (Å²) < 4.78 is 23.5. The Kier molecular flexibility index (Phi) is 17.3. The fourth-order valence-electron chi connectivity index (χ4n) is 9.25. The van der Waals surface area contributed by atoms with Crippen LogP contribution < -0.4 is 26.3 Å².